The third-order valence-electron chi connectivity index (χ3n) is 2.96. The number of hydrogen-bond acceptors (Lipinski definition) is 4. The predicted molar refractivity (Wildman–Crippen MR) is 63.9 cm³/mol. The van der Waals surface area contributed by atoms with Crippen LogP contribution in [0.5, 0.6) is 0 Å². The standard InChI is InChI=1S/C11H14BrNO4/c1-15-8-5-13(6-9(8)16-2)11(14)7-3-4-17-10(7)12/h3-4,8-9H,5-6H2,1-2H3. The van der Waals surface area contributed by atoms with Gasteiger partial charge in [-0.2, -0.15) is 0 Å². The highest BCUT2D eigenvalue weighted by Crippen LogP contribution is 2.23. The summed E-state index contributed by atoms with van der Waals surface area (Å²) < 4.78 is 16.1. The van der Waals surface area contributed by atoms with Crippen molar-refractivity contribution in [2.24, 2.45) is 0 Å². The molecule has 5 nitrogen and oxygen atoms in total. The number of ether oxygens (including phenoxy) is 2. The minimum atomic E-state index is -0.0766. The summed E-state index contributed by atoms with van der Waals surface area (Å²) in [5, 5.41) is 0. The van der Waals surface area contributed by atoms with Gasteiger partial charge in [0.05, 0.1) is 11.8 Å². The number of nitrogens with zero attached hydrogens (tertiary/aromatic N) is 1. The highest BCUT2D eigenvalue weighted by atomic mass is 79.9. The Morgan fingerprint density at radius 2 is 2.00 bits per heavy atom. The van der Waals surface area contributed by atoms with Crippen molar-refractivity contribution in [3.63, 3.8) is 0 Å². The van der Waals surface area contributed by atoms with Gasteiger partial charge in [-0.25, -0.2) is 0 Å². The number of methoxy groups -OCH3 is 2. The van der Waals surface area contributed by atoms with Gasteiger partial charge in [-0.05, 0) is 22.0 Å². The van der Waals surface area contributed by atoms with Crippen molar-refractivity contribution in [3.8, 4) is 0 Å². The van der Waals surface area contributed by atoms with Gasteiger partial charge in [0.2, 0.25) is 0 Å². The molecule has 0 N–H and O–H groups in total. The zero-order valence-corrected chi connectivity index (χ0v) is 11.3. The molecule has 94 valence electrons. The van der Waals surface area contributed by atoms with Crippen LogP contribution in [0.15, 0.2) is 21.4 Å². The minimum Gasteiger partial charge on any atom is -0.457 e. The molecule has 1 aromatic rings. The zero-order chi connectivity index (χ0) is 12.4. The molecule has 17 heavy (non-hydrogen) atoms. The van der Waals surface area contributed by atoms with Crippen molar-refractivity contribution in [1.29, 1.82) is 0 Å². The maximum atomic E-state index is 12.2. The first-order chi connectivity index (χ1) is 8.17. The summed E-state index contributed by atoms with van der Waals surface area (Å²) >= 11 is 3.20. The van der Waals surface area contributed by atoms with Crippen molar-refractivity contribution in [2.75, 3.05) is 27.3 Å². The number of amides is 1. The number of furan rings is 1. The number of likely N-dealkylation sites (tertiary alicyclic amines) is 1. The molecule has 1 amide bonds. The molecular weight excluding hydrogens is 290 g/mol. The molecule has 0 spiro atoms. The van der Waals surface area contributed by atoms with Crippen LogP contribution in [-0.4, -0.2) is 50.3 Å². The average Bonchev–Trinajstić information content (AvgIpc) is 2.93. The number of rotatable bonds is 3. The Morgan fingerprint density at radius 1 is 1.41 bits per heavy atom. The second kappa shape index (κ2) is 5.20. The molecular formula is C11H14BrNO4. The molecule has 0 saturated carbocycles. The summed E-state index contributed by atoms with van der Waals surface area (Å²) in [6.07, 6.45) is 1.33. The lowest BCUT2D eigenvalue weighted by molar-refractivity contribution is -0.00461. The number of hydrogen-bond donors (Lipinski definition) is 0. The van der Waals surface area contributed by atoms with Crippen LogP contribution in [0.3, 0.4) is 0 Å². The molecule has 1 saturated heterocycles. The van der Waals surface area contributed by atoms with E-state index in [1.54, 1.807) is 25.2 Å². The van der Waals surface area contributed by atoms with E-state index in [9.17, 15) is 4.79 Å². The second-order valence-electron chi connectivity index (χ2n) is 3.87. The first-order valence-corrected chi connectivity index (χ1v) is 6.04. The summed E-state index contributed by atoms with van der Waals surface area (Å²) in [6, 6.07) is 1.65. The van der Waals surface area contributed by atoms with Gasteiger partial charge in [0.15, 0.2) is 4.67 Å². The van der Waals surface area contributed by atoms with Crippen molar-refractivity contribution >= 4 is 21.8 Å². The maximum absolute atomic E-state index is 12.2. The Hall–Kier alpha value is -0.850. The van der Waals surface area contributed by atoms with Crippen LogP contribution in [0, 0.1) is 0 Å². The molecule has 0 aromatic carbocycles. The molecule has 1 aliphatic rings. The van der Waals surface area contributed by atoms with Crippen LogP contribution >= 0.6 is 15.9 Å². The summed E-state index contributed by atoms with van der Waals surface area (Å²) in [5.41, 5.74) is 0.525. The van der Waals surface area contributed by atoms with Crippen molar-refractivity contribution < 1.29 is 18.7 Å². The van der Waals surface area contributed by atoms with E-state index in [1.807, 2.05) is 0 Å². The van der Waals surface area contributed by atoms with E-state index in [4.69, 9.17) is 13.9 Å². The molecule has 2 atom stereocenters. The lowest BCUT2D eigenvalue weighted by atomic mass is 10.3. The molecule has 0 radical (unpaired) electrons. The van der Waals surface area contributed by atoms with Crippen molar-refractivity contribution in [2.45, 2.75) is 12.2 Å². The Bertz CT molecular complexity index is 394. The average molecular weight is 304 g/mol. The highest BCUT2D eigenvalue weighted by Gasteiger charge is 2.36. The summed E-state index contributed by atoms with van der Waals surface area (Å²) in [7, 11) is 3.25. The monoisotopic (exact) mass is 303 g/mol. The van der Waals surface area contributed by atoms with Gasteiger partial charge >= 0.3 is 0 Å². The molecule has 1 aliphatic heterocycles. The second-order valence-corrected chi connectivity index (χ2v) is 4.59. The zero-order valence-electron chi connectivity index (χ0n) is 9.68. The van der Waals surface area contributed by atoms with Gasteiger partial charge in [0.1, 0.15) is 12.2 Å². The van der Waals surface area contributed by atoms with Crippen LogP contribution in [0.25, 0.3) is 0 Å². The van der Waals surface area contributed by atoms with E-state index in [0.29, 0.717) is 23.3 Å². The van der Waals surface area contributed by atoms with Gasteiger partial charge in [-0.15, -0.1) is 0 Å². The van der Waals surface area contributed by atoms with Crippen molar-refractivity contribution in [3.05, 3.63) is 22.6 Å². The topological polar surface area (TPSA) is 51.9 Å². The van der Waals surface area contributed by atoms with Crippen molar-refractivity contribution in [1.82, 2.24) is 4.90 Å². The van der Waals surface area contributed by atoms with Gasteiger partial charge in [0.25, 0.3) is 5.91 Å². The third-order valence-corrected chi connectivity index (χ3v) is 3.57. The van der Waals surface area contributed by atoms with Gasteiger partial charge in [0, 0.05) is 27.3 Å². The minimum absolute atomic E-state index is 0.0744. The van der Waals surface area contributed by atoms with Crippen LogP contribution in [0.4, 0.5) is 0 Å². The highest BCUT2D eigenvalue weighted by molar-refractivity contribution is 9.10. The largest absolute Gasteiger partial charge is 0.457 e. The van der Waals surface area contributed by atoms with E-state index in [0.717, 1.165) is 0 Å². The lowest BCUT2D eigenvalue weighted by Gasteiger charge is -2.14. The first kappa shape index (κ1) is 12.6. The fourth-order valence-electron chi connectivity index (χ4n) is 1.98. The van der Waals surface area contributed by atoms with Crippen LogP contribution in [0.1, 0.15) is 10.4 Å². The Balaban J connectivity index is 2.10. The number of halogens is 1. The van der Waals surface area contributed by atoms with E-state index in [1.165, 1.54) is 6.26 Å². The smallest absolute Gasteiger partial charge is 0.258 e. The maximum Gasteiger partial charge on any atom is 0.258 e. The molecule has 2 heterocycles. The summed E-state index contributed by atoms with van der Waals surface area (Å²) in [5.74, 6) is -0.0766. The van der Waals surface area contributed by atoms with Crippen LogP contribution in [0.2, 0.25) is 0 Å². The SMILES string of the molecule is COC1CN(C(=O)c2ccoc2Br)CC1OC. The third kappa shape index (κ3) is 2.38. The fourth-order valence-corrected chi connectivity index (χ4v) is 2.39. The fraction of sp³-hybridized carbons (Fsp3) is 0.545. The lowest BCUT2D eigenvalue weighted by Crippen LogP contribution is -2.29. The van der Waals surface area contributed by atoms with Crippen LogP contribution in [-0.2, 0) is 9.47 Å². The van der Waals surface area contributed by atoms with E-state index < -0.39 is 0 Å². The van der Waals surface area contributed by atoms with Gasteiger partial charge in [-0.1, -0.05) is 0 Å². The Morgan fingerprint density at radius 3 is 2.41 bits per heavy atom. The van der Waals surface area contributed by atoms with Gasteiger partial charge < -0.3 is 18.8 Å². The Labute approximate surface area is 108 Å². The quantitative estimate of drug-likeness (QED) is 0.850. The molecule has 0 bridgehead atoms. The molecule has 0 aliphatic carbocycles. The van der Waals surface area contributed by atoms with E-state index in [-0.39, 0.29) is 18.1 Å². The predicted octanol–water partition coefficient (Wildman–Crippen LogP) is 1.53. The van der Waals surface area contributed by atoms with E-state index >= 15 is 0 Å². The molecule has 1 aromatic heterocycles. The van der Waals surface area contributed by atoms with Crippen LogP contribution < -0.4 is 0 Å². The number of carbonyl (C=O) groups is 1. The first-order valence-electron chi connectivity index (χ1n) is 5.25. The van der Waals surface area contributed by atoms with Gasteiger partial charge in [-0.3, -0.25) is 4.79 Å². The molecule has 1 fully saturated rings. The van der Waals surface area contributed by atoms with E-state index in [2.05, 4.69) is 15.9 Å². The molecule has 2 unspecified atom stereocenters. The Kier molecular flexibility index (Phi) is 3.86. The number of carbonyl (C=O) groups excluding carboxylic acids is 1. The molecule has 2 rings (SSSR count). The summed E-state index contributed by atoms with van der Waals surface area (Å²) in [4.78, 5) is 13.9. The summed E-state index contributed by atoms with van der Waals surface area (Å²) in [6.45, 7) is 1.07. The normalized spacial score (nSPS) is 24.3. The molecule has 6 heteroatoms.